The van der Waals surface area contributed by atoms with E-state index in [0.717, 1.165) is 25.7 Å². The van der Waals surface area contributed by atoms with Crippen molar-refractivity contribution in [3.63, 3.8) is 0 Å². The Labute approximate surface area is 243 Å². The highest BCUT2D eigenvalue weighted by Crippen LogP contribution is 2.35. The van der Waals surface area contributed by atoms with E-state index in [1.807, 2.05) is 20.8 Å². The third-order valence-electron chi connectivity index (χ3n) is 7.70. The van der Waals surface area contributed by atoms with Crippen LogP contribution in [0.5, 0.6) is 0 Å². The van der Waals surface area contributed by atoms with E-state index in [1.165, 1.54) is 42.9 Å². The van der Waals surface area contributed by atoms with Crippen molar-refractivity contribution in [3.05, 3.63) is 59.4 Å². The Morgan fingerprint density at radius 2 is 1.57 bits per heavy atom. The van der Waals surface area contributed by atoms with Gasteiger partial charge in [0.15, 0.2) is 5.76 Å². The number of aliphatic hydroxyl groups is 2. The molecule has 0 aliphatic rings. The summed E-state index contributed by atoms with van der Waals surface area (Å²) >= 11 is 0. The standard InChI is InChI=1S/C34H56O6/c1-11-14-16-17-31(24(4)5)21-20-30(13-3)25(6)18-19-26(7)34(22-15-12-2,40-33(38)29(10)36)23-39-32(37)27(8)28(9)35/h13,20-21,25-26,28,35-36H,8,10-12,14-19,22-23H2,1-7,9H3/b21-20-,30-13+. The summed E-state index contributed by atoms with van der Waals surface area (Å²) in [6.45, 7) is 22.9. The van der Waals surface area contributed by atoms with E-state index < -0.39 is 29.4 Å². The van der Waals surface area contributed by atoms with Gasteiger partial charge in [-0.25, -0.2) is 9.59 Å². The monoisotopic (exact) mass is 560 g/mol. The third-order valence-corrected chi connectivity index (χ3v) is 7.70. The summed E-state index contributed by atoms with van der Waals surface area (Å²) in [5.41, 5.74) is 2.72. The Morgan fingerprint density at radius 1 is 0.950 bits per heavy atom. The number of ether oxygens (including phenoxy) is 2. The third kappa shape index (κ3) is 13.2. The van der Waals surface area contributed by atoms with E-state index in [-0.39, 0.29) is 24.0 Å². The first-order valence-corrected chi connectivity index (χ1v) is 14.9. The van der Waals surface area contributed by atoms with Crippen LogP contribution in [0.1, 0.15) is 113 Å². The smallest absolute Gasteiger partial charge is 0.373 e. The predicted octanol–water partition coefficient (Wildman–Crippen LogP) is 8.48. The molecule has 4 unspecified atom stereocenters. The van der Waals surface area contributed by atoms with Gasteiger partial charge in [0.2, 0.25) is 0 Å². The molecule has 0 rings (SSSR count). The molecule has 0 aromatic rings. The molecule has 0 aliphatic carbocycles. The average Bonchev–Trinajstić information content (AvgIpc) is 2.91. The summed E-state index contributed by atoms with van der Waals surface area (Å²) in [4.78, 5) is 25.0. The quantitative estimate of drug-likeness (QED) is 0.0510. The lowest BCUT2D eigenvalue weighted by atomic mass is 9.79. The minimum atomic E-state index is -1.16. The van der Waals surface area contributed by atoms with E-state index >= 15 is 0 Å². The molecule has 228 valence electrons. The lowest BCUT2D eigenvalue weighted by Gasteiger charge is -2.38. The van der Waals surface area contributed by atoms with Crippen molar-refractivity contribution in [2.75, 3.05) is 6.61 Å². The van der Waals surface area contributed by atoms with Crippen LogP contribution in [0, 0.1) is 11.8 Å². The second-order valence-corrected chi connectivity index (χ2v) is 11.3. The number of rotatable bonds is 20. The maximum atomic E-state index is 12.5. The highest BCUT2D eigenvalue weighted by molar-refractivity contribution is 5.88. The van der Waals surface area contributed by atoms with E-state index in [2.05, 4.69) is 59.1 Å². The summed E-state index contributed by atoms with van der Waals surface area (Å²) in [7, 11) is 0. The van der Waals surface area contributed by atoms with Crippen molar-refractivity contribution in [2.24, 2.45) is 11.8 Å². The van der Waals surface area contributed by atoms with Gasteiger partial charge in [0.05, 0.1) is 11.7 Å². The van der Waals surface area contributed by atoms with E-state index in [1.54, 1.807) is 0 Å². The molecule has 6 nitrogen and oxygen atoms in total. The molecule has 0 fully saturated rings. The Bertz CT molecular complexity index is 919. The molecule has 6 heteroatoms. The van der Waals surface area contributed by atoms with Crippen LogP contribution in [0.15, 0.2) is 59.4 Å². The fraction of sp³-hybridized carbons (Fsp3) is 0.647. The van der Waals surface area contributed by atoms with Gasteiger partial charge in [0.25, 0.3) is 0 Å². The second kappa shape index (κ2) is 19.5. The minimum Gasteiger partial charge on any atom is -0.502 e. The molecule has 0 radical (unpaired) electrons. The molecular formula is C34H56O6. The molecule has 0 heterocycles. The zero-order chi connectivity index (χ0) is 30.9. The molecule has 2 N–H and O–H groups in total. The molecule has 40 heavy (non-hydrogen) atoms. The van der Waals surface area contributed by atoms with Crippen LogP contribution < -0.4 is 0 Å². The summed E-state index contributed by atoms with van der Waals surface area (Å²) in [6.07, 6.45) is 13.8. The zero-order valence-corrected chi connectivity index (χ0v) is 26.5. The van der Waals surface area contributed by atoms with Crippen molar-refractivity contribution < 1.29 is 29.3 Å². The lowest BCUT2D eigenvalue weighted by molar-refractivity contribution is -0.180. The first-order chi connectivity index (χ1) is 18.8. The van der Waals surface area contributed by atoms with Crippen molar-refractivity contribution in [3.8, 4) is 0 Å². The van der Waals surface area contributed by atoms with Gasteiger partial charge in [0.1, 0.15) is 12.2 Å². The van der Waals surface area contributed by atoms with E-state index in [0.29, 0.717) is 12.8 Å². The molecule has 0 aliphatic heterocycles. The molecule has 0 saturated carbocycles. The Hall–Kier alpha value is -2.60. The van der Waals surface area contributed by atoms with E-state index in [4.69, 9.17) is 9.47 Å². The predicted molar refractivity (Wildman–Crippen MR) is 165 cm³/mol. The van der Waals surface area contributed by atoms with Crippen molar-refractivity contribution in [1.29, 1.82) is 0 Å². The molecule has 4 atom stereocenters. The number of unbranched alkanes of at least 4 members (excludes halogenated alkanes) is 3. The zero-order valence-electron chi connectivity index (χ0n) is 26.5. The maximum Gasteiger partial charge on any atom is 0.373 e. The Kier molecular flexibility index (Phi) is 18.2. The maximum absolute atomic E-state index is 12.5. The topological polar surface area (TPSA) is 93.1 Å². The highest BCUT2D eigenvalue weighted by Gasteiger charge is 2.42. The van der Waals surface area contributed by atoms with Crippen molar-refractivity contribution in [1.82, 2.24) is 0 Å². The van der Waals surface area contributed by atoms with Gasteiger partial charge < -0.3 is 19.7 Å². The van der Waals surface area contributed by atoms with Gasteiger partial charge in [-0.1, -0.05) is 77.3 Å². The molecular weight excluding hydrogens is 504 g/mol. The average molecular weight is 561 g/mol. The van der Waals surface area contributed by atoms with Crippen molar-refractivity contribution in [2.45, 2.75) is 125 Å². The number of esters is 2. The van der Waals surface area contributed by atoms with Crippen LogP contribution in [0.3, 0.4) is 0 Å². The fourth-order valence-corrected chi connectivity index (χ4v) is 4.55. The second-order valence-electron chi connectivity index (χ2n) is 11.3. The van der Waals surface area contributed by atoms with Gasteiger partial charge >= 0.3 is 11.9 Å². The summed E-state index contributed by atoms with van der Waals surface area (Å²) < 4.78 is 11.4. The molecule has 0 aromatic heterocycles. The van der Waals surface area contributed by atoms with Crippen LogP contribution in [0.2, 0.25) is 0 Å². The highest BCUT2D eigenvalue weighted by atomic mass is 16.6. The summed E-state index contributed by atoms with van der Waals surface area (Å²) in [5, 5.41) is 19.4. The Morgan fingerprint density at radius 3 is 2.08 bits per heavy atom. The number of carbonyl (C=O) groups excluding carboxylic acids is 2. The van der Waals surface area contributed by atoms with Gasteiger partial charge in [0, 0.05) is 0 Å². The number of hydrogen-bond acceptors (Lipinski definition) is 6. The largest absolute Gasteiger partial charge is 0.502 e. The van der Waals surface area contributed by atoms with Crippen molar-refractivity contribution >= 4 is 11.9 Å². The first-order valence-electron chi connectivity index (χ1n) is 14.9. The van der Waals surface area contributed by atoms with Crippen LogP contribution in [-0.2, 0) is 19.1 Å². The molecule has 0 aromatic carbocycles. The number of aliphatic hydroxyl groups excluding tert-OH is 2. The molecule has 0 bridgehead atoms. The van der Waals surface area contributed by atoms with Crippen LogP contribution in [-0.4, -0.2) is 40.5 Å². The van der Waals surface area contributed by atoms with Gasteiger partial charge in [-0.2, -0.15) is 0 Å². The normalized spacial score (nSPS) is 15.6. The molecule has 0 spiro atoms. The first kappa shape index (κ1) is 37.4. The number of carbonyl (C=O) groups is 2. The van der Waals surface area contributed by atoms with Gasteiger partial charge in [-0.3, -0.25) is 0 Å². The van der Waals surface area contributed by atoms with Crippen LogP contribution in [0.4, 0.5) is 0 Å². The fourth-order valence-electron chi connectivity index (χ4n) is 4.55. The summed E-state index contributed by atoms with van der Waals surface area (Å²) in [5.74, 6) is -2.32. The number of allylic oxidation sites excluding steroid dienone is 6. The lowest BCUT2D eigenvalue weighted by Crippen LogP contribution is -2.47. The Balaban J connectivity index is 5.86. The van der Waals surface area contributed by atoms with Crippen LogP contribution >= 0.6 is 0 Å². The summed E-state index contributed by atoms with van der Waals surface area (Å²) in [6, 6.07) is 0. The van der Waals surface area contributed by atoms with Gasteiger partial charge in [-0.05, 0) is 95.8 Å². The van der Waals surface area contributed by atoms with Crippen LogP contribution in [0.25, 0.3) is 0 Å². The SMILES string of the molecule is C=C(O)C(=O)OC(CCCC)(COC(=O)C(=C)C(C)O)C(C)CCC(C)C(/C=C\C(CCCCC)=C(C)C)=C/C. The molecule has 0 amide bonds. The number of hydrogen-bond donors (Lipinski definition) is 2. The minimum absolute atomic E-state index is 0.0708. The van der Waals surface area contributed by atoms with Gasteiger partial charge in [-0.15, -0.1) is 0 Å². The molecule has 0 saturated heterocycles. The van der Waals surface area contributed by atoms with E-state index in [9.17, 15) is 19.8 Å².